The second kappa shape index (κ2) is 9.54. The van der Waals surface area contributed by atoms with Crippen LogP contribution in [0.15, 0.2) is 66.9 Å². The summed E-state index contributed by atoms with van der Waals surface area (Å²) in [5.41, 5.74) is 3.21. The number of carbonyl (C=O) groups excluding carboxylic acids is 2. The van der Waals surface area contributed by atoms with Crippen molar-refractivity contribution in [2.45, 2.75) is 70.9 Å². The maximum Gasteiger partial charge on any atom is 0.414 e. The molecule has 1 saturated carbocycles. The van der Waals surface area contributed by atoms with Crippen LogP contribution in [0.4, 0.5) is 4.79 Å². The summed E-state index contributed by atoms with van der Waals surface area (Å²) in [6, 6.07) is 18.1. The van der Waals surface area contributed by atoms with Crippen LogP contribution in [0.1, 0.15) is 69.2 Å². The number of ketones is 1. The van der Waals surface area contributed by atoms with Gasteiger partial charge in [-0.3, -0.25) is 9.69 Å². The van der Waals surface area contributed by atoms with E-state index in [2.05, 4.69) is 45.0 Å². The predicted molar refractivity (Wildman–Crippen MR) is 131 cm³/mol. The summed E-state index contributed by atoms with van der Waals surface area (Å²) in [7, 11) is 0. The van der Waals surface area contributed by atoms with Gasteiger partial charge in [-0.2, -0.15) is 0 Å². The number of nitrogens with zero attached hydrogens (tertiary/aromatic N) is 1. The van der Waals surface area contributed by atoms with E-state index < -0.39 is 0 Å². The second-order valence-corrected chi connectivity index (χ2v) is 10.3. The Kier molecular flexibility index (Phi) is 6.73. The van der Waals surface area contributed by atoms with Crippen LogP contribution in [0, 0.1) is 18.8 Å². The number of carbonyl (C=O) groups is 2. The first-order valence-corrected chi connectivity index (χ1v) is 12.1. The fourth-order valence-corrected chi connectivity index (χ4v) is 5.59. The quantitative estimate of drug-likeness (QED) is 0.523. The van der Waals surface area contributed by atoms with Gasteiger partial charge >= 0.3 is 6.09 Å². The third kappa shape index (κ3) is 4.90. The van der Waals surface area contributed by atoms with Crippen molar-refractivity contribution in [1.29, 1.82) is 0 Å². The minimum absolute atomic E-state index is 0.0293. The maximum absolute atomic E-state index is 13.5. The monoisotopic (exact) mass is 445 g/mol. The molecule has 1 fully saturated rings. The second-order valence-electron chi connectivity index (χ2n) is 10.3. The zero-order valence-corrected chi connectivity index (χ0v) is 20.2. The van der Waals surface area contributed by atoms with Crippen molar-refractivity contribution >= 4 is 11.9 Å². The standard InChI is InChI=1S/C29H35NO3/c1-20-14-15-25(29(3,4)22-11-6-5-7-12-22)27(18-20)33-28(32)30-17-16-23(31)19-26(30)24-13-9-8-10-21(24)2/h5-13,16-17,20,25-27H,14-15,18-19H2,1-4H3/t20-,25-,26+,27-/m1/s1. The van der Waals surface area contributed by atoms with Gasteiger partial charge in [-0.25, -0.2) is 4.79 Å². The Hall–Kier alpha value is -2.88. The largest absolute Gasteiger partial charge is 0.446 e. The van der Waals surface area contributed by atoms with Crippen LogP contribution in [0.5, 0.6) is 0 Å². The summed E-state index contributed by atoms with van der Waals surface area (Å²) >= 11 is 0. The minimum atomic E-state index is -0.361. The average Bonchev–Trinajstić information content (AvgIpc) is 2.80. The Labute approximate surface area is 197 Å². The molecule has 0 N–H and O–H groups in total. The number of amides is 1. The first-order valence-electron chi connectivity index (χ1n) is 12.1. The van der Waals surface area contributed by atoms with Gasteiger partial charge in [-0.05, 0) is 53.9 Å². The summed E-state index contributed by atoms with van der Waals surface area (Å²) in [5.74, 6) is 0.769. The number of aryl methyl sites for hydroxylation is 1. The first kappa shape index (κ1) is 23.3. The molecule has 0 aromatic heterocycles. The van der Waals surface area contributed by atoms with Gasteiger partial charge in [0, 0.05) is 18.5 Å². The van der Waals surface area contributed by atoms with Gasteiger partial charge in [0.2, 0.25) is 0 Å². The van der Waals surface area contributed by atoms with Crippen molar-refractivity contribution < 1.29 is 14.3 Å². The molecule has 0 bridgehead atoms. The highest BCUT2D eigenvalue weighted by Gasteiger charge is 2.43. The van der Waals surface area contributed by atoms with Gasteiger partial charge in [-0.1, -0.05) is 81.8 Å². The molecule has 0 spiro atoms. The van der Waals surface area contributed by atoms with E-state index in [9.17, 15) is 9.59 Å². The van der Waals surface area contributed by atoms with Crippen molar-refractivity contribution in [1.82, 2.24) is 4.90 Å². The maximum atomic E-state index is 13.5. The molecule has 2 aromatic carbocycles. The zero-order chi connectivity index (χ0) is 23.6. The molecule has 4 rings (SSSR count). The highest BCUT2D eigenvalue weighted by Crippen LogP contribution is 2.44. The number of hydrogen-bond acceptors (Lipinski definition) is 3. The van der Waals surface area contributed by atoms with Crippen LogP contribution in [0.2, 0.25) is 0 Å². The zero-order valence-electron chi connectivity index (χ0n) is 20.2. The molecular formula is C29H35NO3. The molecule has 1 aliphatic carbocycles. The fourth-order valence-electron chi connectivity index (χ4n) is 5.59. The normalized spacial score (nSPS) is 25.7. The lowest BCUT2D eigenvalue weighted by molar-refractivity contribution is -0.116. The molecule has 2 aromatic rings. The van der Waals surface area contributed by atoms with E-state index in [4.69, 9.17) is 4.74 Å². The van der Waals surface area contributed by atoms with Crippen molar-refractivity contribution in [2.75, 3.05) is 0 Å². The van der Waals surface area contributed by atoms with Crippen LogP contribution in [0.25, 0.3) is 0 Å². The van der Waals surface area contributed by atoms with E-state index in [0.717, 1.165) is 30.4 Å². The summed E-state index contributed by atoms with van der Waals surface area (Å²) in [4.78, 5) is 27.4. The Bertz CT molecular complexity index is 1030. The van der Waals surface area contributed by atoms with Crippen molar-refractivity contribution in [2.24, 2.45) is 11.8 Å². The van der Waals surface area contributed by atoms with Gasteiger partial charge in [-0.15, -0.1) is 0 Å². The van der Waals surface area contributed by atoms with Gasteiger partial charge in [0.1, 0.15) is 6.10 Å². The smallest absolute Gasteiger partial charge is 0.414 e. The van der Waals surface area contributed by atoms with Crippen LogP contribution in [-0.2, 0) is 14.9 Å². The molecule has 2 aliphatic rings. The average molecular weight is 446 g/mol. The van der Waals surface area contributed by atoms with Gasteiger partial charge < -0.3 is 4.74 Å². The molecule has 33 heavy (non-hydrogen) atoms. The van der Waals surface area contributed by atoms with E-state index in [1.165, 1.54) is 11.6 Å². The van der Waals surface area contributed by atoms with Crippen molar-refractivity contribution in [3.8, 4) is 0 Å². The molecular weight excluding hydrogens is 410 g/mol. The Morgan fingerprint density at radius 1 is 1.03 bits per heavy atom. The number of ether oxygens (including phenoxy) is 1. The summed E-state index contributed by atoms with van der Waals surface area (Å²) in [6.07, 6.45) is 5.86. The lowest BCUT2D eigenvalue weighted by Crippen LogP contribution is -2.46. The Morgan fingerprint density at radius 2 is 1.73 bits per heavy atom. The molecule has 174 valence electrons. The van der Waals surface area contributed by atoms with E-state index in [1.54, 1.807) is 11.1 Å². The third-order valence-electron chi connectivity index (χ3n) is 7.66. The highest BCUT2D eigenvalue weighted by atomic mass is 16.6. The summed E-state index contributed by atoms with van der Waals surface area (Å²) in [6.45, 7) is 8.78. The van der Waals surface area contributed by atoms with Crippen LogP contribution in [0.3, 0.4) is 0 Å². The molecule has 1 heterocycles. The van der Waals surface area contributed by atoms with Crippen molar-refractivity contribution in [3.05, 3.63) is 83.6 Å². The number of hydrogen-bond donors (Lipinski definition) is 0. The molecule has 1 aliphatic heterocycles. The third-order valence-corrected chi connectivity index (χ3v) is 7.66. The highest BCUT2D eigenvalue weighted by molar-refractivity contribution is 5.92. The lowest BCUT2D eigenvalue weighted by Gasteiger charge is -2.44. The lowest BCUT2D eigenvalue weighted by atomic mass is 9.64. The number of benzene rings is 2. The van der Waals surface area contributed by atoms with E-state index in [0.29, 0.717) is 5.92 Å². The van der Waals surface area contributed by atoms with Crippen LogP contribution < -0.4 is 0 Å². The molecule has 0 radical (unpaired) electrons. The topological polar surface area (TPSA) is 46.6 Å². The summed E-state index contributed by atoms with van der Waals surface area (Å²) in [5, 5.41) is 0. The number of allylic oxidation sites excluding steroid dienone is 1. The molecule has 4 nitrogen and oxygen atoms in total. The molecule has 4 atom stereocenters. The fraction of sp³-hybridized carbons (Fsp3) is 0.448. The number of rotatable bonds is 4. The van der Waals surface area contributed by atoms with Crippen LogP contribution >= 0.6 is 0 Å². The van der Waals surface area contributed by atoms with E-state index >= 15 is 0 Å². The van der Waals surface area contributed by atoms with Crippen molar-refractivity contribution in [3.63, 3.8) is 0 Å². The summed E-state index contributed by atoms with van der Waals surface area (Å²) < 4.78 is 6.27. The SMILES string of the molecule is Cc1ccccc1[C@@H]1CC(=O)C=CN1C(=O)O[C@@H]1C[C@H](C)CC[C@H]1C(C)(C)c1ccccc1. The van der Waals surface area contributed by atoms with E-state index in [1.807, 2.05) is 37.3 Å². The van der Waals surface area contributed by atoms with Crippen LogP contribution in [-0.4, -0.2) is 22.9 Å². The van der Waals surface area contributed by atoms with E-state index in [-0.39, 0.29) is 41.8 Å². The predicted octanol–water partition coefficient (Wildman–Crippen LogP) is 6.74. The molecule has 1 amide bonds. The Balaban J connectivity index is 1.60. The van der Waals surface area contributed by atoms with Gasteiger partial charge in [0.05, 0.1) is 6.04 Å². The van der Waals surface area contributed by atoms with Gasteiger partial charge in [0.15, 0.2) is 5.78 Å². The molecule has 4 heteroatoms. The molecule has 0 unspecified atom stereocenters. The minimum Gasteiger partial charge on any atom is -0.446 e. The first-order chi connectivity index (χ1) is 15.8. The molecule has 0 saturated heterocycles. The van der Waals surface area contributed by atoms with Gasteiger partial charge in [0.25, 0.3) is 0 Å². The Morgan fingerprint density at radius 3 is 2.45 bits per heavy atom.